The minimum Gasteiger partial charge on any atom is -0.289 e. The Balaban J connectivity index is 0.000000165. The molecule has 1 atom stereocenters. The zero-order chi connectivity index (χ0) is 12.3. The average molecular weight is 224 g/mol. The molecule has 6 heteroatoms. The van der Waals surface area contributed by atoms with Crippen molar-refractivity contribution in [3.63, 3.8) is 0 Å². The molecule has 1 N–H and O–H groups in total. The van der Waals surface area contributed by atoms with E-state index in [1.54, 1.807) is 6.92 Å². The summed E-state index contributed by atoms with van der Waals surface area (Å²) in [6, 6.07) is 0. The number of carbonyl (C=O) groups excluding carboxylic acids is 4. The van der Waals surface area contributed by atoms with Crippen LogP contribution >= 0.6 is 0 Å². The highest BCUT2D eigenvalue weighted by atomic mass is 16.2. The Morgan fingerprint density at radius 1 is 1.19 bits per heavy atom. The number of hydrogen-bond donors (Lipinski definition) is 1. The first-order valence-corrected chi connectivity index (χ1v) is 4.75. The maximum atomic E-state index is 10.8. The summed E-state index contributed by atoms with van der Waals surface area (Å²) >= 11 is 0. The van der Waals surface area contributed by atoms with Gasteiger partial charge in [-0.1, -0.05) is 6.92 Å². The van der Waals surface area contributed by atoms with Crippen molar-refractivity contribution in [3.8, 4) is 0 Å². The summed E-state index contributed by atoms with van der Waals surface area (Å²) in [6.45, 7) is 1.77. The van der Waals surface area contributed by atoms with Crippen LogP contribution in [0.5, 0.6) is 0 Å². The largest absolute Gasteiger partial charge is 0.289 e. The molecule has 0 aromatic carbocycles. The van der Waals surface area contributed by atoms with Crippen molar-refractivity contribution in [2.24, 2.45) is 5.92 Å². The van der Waals surface area contributed by atoms with Gasteiger partial charge >= 0.3 is 0 Å². The average Bonchev–Trinajstić information content (AvgIpc) is 2.68. The van der Waals surface area contributed by atoms with E-state index in [0.29, 0.717) is 6.42 Å². The molecule has 4 amide bonds. The molecule has 0 aliphatic carbocycles. The van der Waals surface area contributed by atoms with Gasteiger partial charge in [-0.25, -0.2) is 0 Å². The minimum absolute atomic E-state index is 0.0556. The standard InChI is InChI=1S/C6H9NO2.C4H3NO2/c1-4-3-5(8)7(2)6(4)9;6-3-1-2-4(7)5-3/h4H,3H2,1-2H3;1-2H,(H,5,6,7). The van der Waals surface area contributed by atoms with E-state index in [-0.39, 0.29) is 29.5 Å². The fraction of sp³-hybridized carbons (Fsp3) is 0.400. The second-order valence-electron chi connectivity index (χ2n) is 3.58. The molecule has 2 heterocycles. The first-order chi connectivity index (χ1) is 7.41. The molecule has 0 aromatic rings. The summed E-state index contributed by atoms with van der Waals surface area (Å²) in [5.74, 6) is -0.870. The van der Waals surface area contributed by atoms with Gasteiger partial charge in [-0.3, -0.25) is 29.4 Å². The third-order valence-electron chi connectivity index (χ3n) is 2.24. The van der Waals surface area contributed by atoms with Crippen LogP contribution in [0.15, 0.2) is 12.2 Å². The first-order valence-electron chi connectivity index (χ1n) is 4.75. The molecule has 16 heavy (non-hydrogen) atoms. The Morgan fingerprint density at radius 2 is 1.69 bits per heavy atom. The summed E-state index contributed by atoms with van der Waals surface area (Å²) in [6.07, 6.45) is 2.78. The van der Waals surface area contributed by atoms with Crippen LogP contribution in [-0.4, -0.2) is 35.6 Å². The number of nitrogens with one attached hydrogen (secondary N) is 1. The molecule has 2 aliphatic rings. The van der Waals surface area contributed by atoms with Crippen LogP contribution in [-0.2, 0) is 19.2 Å². The van der Waals surface area contributed by atoms with E-state index in [1.165, 1.54) is 24.1 Å². The summed E-state index contributed by atoms with van der Waals surface area (Å²) in [4.78, 5) is 42.8. The SMILES string of the molecule is CC1CC(=O)N(C)C1=O.O=C1C=CC(=O)N1. The molecule has 2 rings (SSSR count). The lowest BCUT2D eigenvalue weighted by molar-refractivity contribution is -0.137. The molecular formula is C10H12N2O4. The monoisotopic (exact) mass is 224 g/mol. The zero-order valence-corrected chi connectivity index (χ0v) is 9.02. The van der Waals surface area contributed by atoms with Gasteiger partial charge in [0.1, 0.15) is 0 Å². The second-order valence-corrected chi connectivity index (χ2v) is 3.58. The molecule has 86 valence electrons. The fourth-order valence-corrected chi connectivity index (χ4v) is 1.30. The number of likely N-dealkylation sites (tertiary alicyclic amines) is 1. The Labute approximate surface area is 92.3 Å². The van der Waals surface area contributed by atoms with E-state index in [9.17, 15) is 19.2 Å². The van der Waals surface area contributed by atoms with Crippen LogP contribution in [0.2, 0.25) is 0 Å². The zero-order valence-electron chi connectivity index (χ0n) is 9.02. The van der Waals surface area contributed by atoms with Crippen molar-refractivity contribution in [1.29, 1.82) is 0 Å². The van der Waals surface area contributed by atoms with Gasteiger partial charge in [-0.2, -0.15) is 0 Å². The molecule has 1 fully saturated rings. The maximum absolute atomic E-state index is 10.8. The van der Waals surface area contributed by atoms with E-state index in [2.05, 4.69) is 0 Å². The van der Waals surface area contributed by atoms with Crippen LogP contribution in [0, 0.1) is 5.92 Å². The van der Waals surface area contributed by atoms with Crippen molar-refractivity contribution in [1.82, 2.24) is 10.2 Å². The van der Waals surface area contributed by atoms with Crippen molar-refractivity contribution in [3.05, 3.63) is 12.2 Å². The smallest absolute Gasteiger partial charge is 0.250 e. The Kier molecular flexibility index (Phi) is 3.55. The maximum Gasteiger partial charge on any atom is 0.250 e. The quantitative estimate of drug-likeness (QED) is 0.546. The van der Waals surface area contributed by atoms with Crippen LogP contribution in [0.4, 0.5) is 0 Å². The Hall–Kier alpha value is -1.98. The van der Waals surface area contributed by atoms with Gasteiger partial charge in [0.2, 0.25) is 11.8 Å². The second kappa shape index (κ2) is 4.69. The van der Waals surface area contributed by atoms with E-state index < -0.39 is 0 Å². The third-order valence-corrected chi connectivity index (χ3v) is 2.24. The molecule has 0 radical (unpaired) electrons. The minimum atomic E-state index is -0.329. The predicted octanol–water partition coefficient (Wildman–Crippen LogP) is -0.790. The van der Waals surface area contributed by atoms with Crippen LogP contribution in [0.3, 0.4) is 0 Å². The third kappa shape index (κ3) is 2.75. The number of hydrogen-bond acceptors (Lipinski definition) is 4. The summed E-state index contributed by atoms with van der Waals surface area (Å²) in [5, 5.41) is 2.03. The number of nitrogens with zero attached hydrogens (tertiary/aromatic N) is 1. The topological polar surface area (TPSA) is 83.6 Å². The lowest BCUT2D eigenvalue weighted by Gasteiger charge is -2.03. The normalized spacial score (nSPS) is 23.4. The molecule has 2 aliphatic heterocycles. The molecular weight excluding hydrogens is 212 g/mol. The summed E-state index contributed by atoms with van der Waals surface area (Å²) < 4.78 is 0. The molecule has 1 unspecified atom stereocenters. The molecule has 0 bridgehead atoms. The van der Waals surface area contributed by atoms with Gasteiger partial charge in [0, 0.05) is 31.5 Å². The summed E-state index contributed by atoms with van der Waals surface area (Å²) in [7, 11) is 1.52. The molecule has 0 spiro atoms. The van der Waals surface area contributed by atoms with E-state index >= 15 is 0 Å². The lowest BCUT2D eigenvalue weighted by Crippen LogP contribution is -2.24. The number of rotatable bonds is 0. The van der Waals surface area contributed by atoms with E-state index in [1.807, 2.05) is 5.32 Å². The number of imide groups is 2. The van der Waals surface area contributed by atoms with Gasteiger partial charge in [-0.05, 0) is 0 Å². The van der Waals surface area contributed by atoms with Crippen LogP contribution in [0.1, 0.15) is 13.3 Å². The molecule has 0 saturated carbocycles. The van der Waals surface area contributed by atoms with E-state index in [0.717, 1.165) is 0 Å². The first kappa shape index (κ1) is 12.1. The highest BCUT2D eigenvalue weighted by Gasteiger charge is 2.32. The van der Waals surface area contributed by atoms with Crippen LogP contribution in [0.25, 0.3) is 0 Å². The van der Waals surface area contributed by atoms with Crippen molar-refractivity contribution in [2.75, 3.05) is 7.05 Å². The highest BCUT2D eigenvalue weighted by Crippen LogP contribution is 2.15. The predicted molar refractivity (Wildman–Crippen MR) is 53.8 cm³/mol. The molecule has 6 nitrogen and oxygen atoms in total. The van der Waals surface area contributed by atoms with Crippen molar-refractivity contribution < 1.29 is 19.2 Å². The van der Waals surface area contributed by atoms with Gasteiger partial charge in [0.15, 0.2) is 0 Å². The summed E-state index contributed by atoms with van der Waals surface area (Å²) in [5.41, 5.74) is 0. The number of amides is 4. The molecule has 0 aromatic heterocycles. The van der Waals surface area contributed by atoms with Gasteiger partial charge in [0.05, 0.1) is 0 Å². The Morgan fingerprint density at radius 3 is 1.81 bits per heavy atom. The molecule has 1 saturated heterocycles. The Bertz CT molecular complexity index is 370. The van der Waals surface area contributed by atoms with Crippen LogP contribution < -0.4 is 5.32 Å². The van der Waals surface area contributed by atoms with E-state index in [4.69, 9.17) is 0 Å². The fourth-order valence-electron chi connectivity index (χ4n) is 1.30. The lowest BCUT2D eigenvalue weighted by atomic mass is 10.1. The van der Waals surface area contributed by atoms with Crippen molar-refractivity contribution in [2.45, 2.75) is 13.3 Å². The van der Waals surface area contributed by atoms with Crippen molar-refractivity contribution >= 4 is 23.6 Å². The highest BCUT2D eigenvalue weighted by molar-refractivity contribution is 6.12. The van der Waals surface area contributed by atoms with Gasteiger partial charge in [0.25, 0.3) is 11.8 Å². The van der Waals surface area contributed by atoms with Gasteiger partial charge < -0.3 is 0 Å². The number of carbonyl (C=O) groups is 4. The van der Waals surface area contributed by atoms with Gasteiger partial charge in [-0.15, -0.1) is 0 Å².